The van der Waals surface area contributed by atoms with E-state index in [4.69, 9.17) is 5.73 Å². The van der Waals surface area contributed by atoms with Crippen LogP contribution in [0.15, 0.2) is 28.7 Å². The maximum Gasteiger partial charge on any atom is 0.0207 e. The fraction of sp³-hybridized carbons (Fsp3) is 0.400. The fourth-order valence-corrected chi connectivity index (χ4v) is 1.56. The third-order valence-electron chi connectivity index (χ3n) is 1.60. The minimum Gasteiger partial charge on any atom is -0.325 e. The molecule has 0 atom stereocenters. The zero-order valence-corrected chi connectivity index (χ0v) is 10.3. The predicted octanol–water partition coefficient (Wildman–Crippen LogP) is 3.15. The van der Waals surface area contributed by atoms with Crippen LogP contribution in [0.3, 0.4) is 0 Å². The summed E-state index contributed by atoms with van der Waals surface area (Å²) in [6.07, 6.45) is 0.897. The van der Waals surface area contributed by atoms with Crippen LogP contribution >= 0.6 is 28.3 Å². The van der Waals surface area contributed by atoms with Crippen LogP contribution in [0.1, 0.15) is 19.4 Å². The van der Waals surface area contributed by atoms with Gasteiger partial charge in [-0.3, -0.25) is 0 Å². The van der Waals surface area contributed by atoms with Gasteiger partial charge in [0.25, 0.3) is 0 Å². The molecule has 0 aromatic heterocycles. The van der Waals surface area contributed by atoms with Crippen LogP contribution in [0.4, 0.5) is 0 Å². The van der Waals surface area contributed by atoms with Gasteiger partial charge in [-0.1, -0.05) is 34.1 Å². The Morgan fingerprint density at radius 2 is 1.85 bits per heavy atom. The van der Waals surface area contributed by atoms with Crippen molar-refractivity contribution < 1.29 is 0 Å². The Kier molecular flexibility index (Phi) is 4.97. The van der Waals surface area contributed by atoms with Crippen molar-refractivity contribution in [3.8, 4) is 0 Å². The average molecular weight is 265 g/mol. The summed E-state index contributed by atoms with van der Waals surface area (Å²) in [5.74, 6) is 0. The third kappa shape index (κ3) is 4.65. The summed E-state index contributed by atoms with van der Waals surface area (Å²) in [7, 11) is 0. The normalized spacial score (nSPS) is 10.8. The molecular formula is C10H15BrClN. The topological polar surface area (TPSA) is 26.0 Å². The van der Waals surface area contributed by atoms with Crippen molar-refractivity contribution in [3.05, 3.63) is 34.3 Å². The average Bonchev–Trinajstić information content (AvgIpc) is 1.91. The molecule has 1 nitrogen and oxygen atoms in total. The molecule has 1 aromatic rings. The highest BCUT2D eigenvalue weighted by molar-refractivity contribution is 9.10. The van der Waals surface area contributed by atoms with E-state index in [1.807, 2.05) is 32.0 Å². The van der Waals surface area contributed by atoms with Crippen LogP contribution in [0.25, 0.3) is 0 Å². The zero-order valence-electron chi connectivity index (χ0n) is 7.88. The highest BCUT2D eigenvalue weighted by Gasteiger charge is 2.12. The summed E-state index contributed by atoms with van der Waals surface area (Å²) >= 11 is 3.49. The summed E-state index contributed by atoms with van der Waals surface area (Å²) in [4.78, 5) is 0. The summed E-state index contributed by atoms with van der Waals surface area (Å²) in [6, 6.07) is 8.18. The van der Waals surface area contributed by atoms with Gasteiger partial charge in [0.05, 0.1) is 0 Å². The molecule has 1 rings (SSSR count). The molecule has 0 unspecified atom stereocenters. The van der Waals surface area contributed by atoms with Crippen molar-refractivity contribution in [2.45, 2.75) is 25.8 Å². The quantitative estimate of drug-likeness (QED) is 0.872. The molecule has 0 radical (unpaired) electrons. The Morgan fingerprint density at radius 1 is 1.31 bits per heavy atom. The lowest BCUT2D eigenvalue weighted by Crippen LogP contribution is -2.34. The molecule has 2 N–H and O–H groups in total. The second kappa shape index (κ2) is 4.99. The zero-order chi connectivity index (χ0) is 9.19. The molecular weight excluding hydrogens is 249 g/mol. The van der Waals surface area contributed by atoms with E-state index in [-0.39, 0.29) is 17.9 Å². The lowest BCUT2D eigenvalue weighted by molar-refractivity contribution is 0.516. The Hall–Kier alpha value is -0.0500. The molecule has 74 valence electrons. The maximum absolute atomic E-state index is 5.92. The smallest absolute Gasteiger partial charge is 0.0207 e. The molecule has 0 aliphatic carbocycles. The van der Waals surface area contributed by atoms with Gasteiger partial charge in [-0.2, -0.15) is 0 Å². The van der Waals surface area contributed by atoms with Crippen LogP contribution in [-0.4, -0.2) is 5.54 Å². The fourth-order valence-electron chi connectivity index (χ4n) is 1.13. The largest absolute Gasteiger partial charge is 0.325 e. The van der Waals surface area contributed by atoms with Gasteiger partial charge < -0.3 is 5.73 Å². The second-order valence-corrected chi connectivity index (χ2v) is 4.61. The van der Waals surface area contributed by atoms with Crippen LogP contribution in [0.5, 0.6) is 0 Å². The number of nitrogens with two attached hydrogens (primary N) is 1. The first-order valence-electron chi connectivity index (χ1n) is 4.01. The molecule has 13 heavy (non-hydrogen) atoms. The molecule has 0 aliphatic rings. The number of halogens is 2. The van der Waals surface area contributed by atoms with Gasteiger partial charge in [-0.05, 0) is 31.9 Å². The van der Waals surface area contributed by atoms with Gasteiger partial charge in [0.1, 0.15) is 0 Å². The molecule has 1 aromatic carbocycles. The molecule has 0 aliphatic heterocycles. The molecule has 0 bridgehead atoms. The molecule has 0 heterocycles. The summed E-state index contributed by atoms with van der Waals surface area (Å²) in [5, 5.41) is 0. The van der Waals surface area contributed by atoms with Crippen molar-refractivity contribution in [2.75, 3.05) is 0 Å². The Labute approximate surface area is 94.3 Å². The lowest BCUT2D eigenvalue weighted by atomic mass is 9.96. The van der Waals surface area contributed by atoms with Crippen LogP contribution in [-0.2, 0) is 6.42 Å². The van der Waals surface area contributed by atoms with Gasteiger partial charge in [0.15, 0.2) is 0 Å². The minimum atomic E-state index is -0.135. The van der Waals surface area contributed by atoms with Crippen LogP contribution in [0.2, 0.25) is 0 Å². The Balaban J connectivity index is 0.00000144. The van der Waals surface area contributed by atoms with Crippen molar-refractivity contribution in [1.82, 2.24) is 0 Å². The monoisotopic (exact) mass is 263 g/mol. The SMILES string of the molecule is CC(C)(N)Cc1ccccc1Br.Cl. The molecule has 0 fully saturated rings. The van der Waals surface area contributed by atoms with E-state index in [1.54, 1.807) is 0 Å². The molecule has 0 amide bonds. The maximum atomic E-state index is 5.92. The van der Waals surface area contributed by atoms with E-state index in [0.29, 0.717) is 0 Å². The van der Waals surface area contributed by atoms with Gasteiger partial charge in [0.2, 0.25) is 0 Å². The molecule has 0 spiro atoms. The van der Waals surface area contributed by atoms with Crippen molar-refractivity contribution in [2.24, 2.45) is 5.73 Å². The molecule has 0 saturated carbocycles. The first-order valence-corrected chi connectivity index (χ1v) is 4.81. The second-order valence-electron chi connectivity index (χ2n) is 3.76. The summed E-state index contributed by atoms with van der Waals surface area (Å²) < 4.78 is 1.14. The third-order valence-corrected chi connectivity index (χ3v) is 2.38. The number of rotatable bonds is 2. The van der Waals surface area contributed by atoms with E-state index in [2.05, 4.69) is 22.0 Å². The van der Waals surface area contributed by atoms with Gasteiger partial charge in [-0.25, -0.2) is 0 Å². The van der Waals surface area contributed by atoms with Gasteiger partial charge >= 0.3 is 0 Å². The van der Waals surface area contributed by atoms with Gasteiger partial charge in [-0.15, -0.1) is 12.4 Å². The highest BCUT2D eigenvalue weighted by atomic mass is 79.9. The predicted molar refractivity (Wildman–Crippen MR) is 63.4 cm³/mol. The van der Waals surface area contributed by atoms with E-state index in [9.17, 15) is 0 Å². The standard InChI is InChI=1S/C10H14BrN.ClH/c1-10(2,12)7-8-5-3-4-6-9(8)11;/h3-6H,7,12H2,1-2H3;1H. The summed E-state index contributed by atoms with van der Waals surface area (Å²) in [5.41, 5.74) is 7.05. The lowest BCUT2D eigenvalue weighted by Gasteiger charge is -2.18. The van der Waals surface area contributed by atoms with Crippen molar-refractivity contribution >= 4 is 28.3 Å². The molecule has 0 saturated heterocycles. The molecule has 3 heteroatoms. The Morgan fingerprint density at radius 3 is 2.31 bits per heavy atom. The number of benzene rings is 1. The van der Waals surface area contributed by atoms with E-state index >= 15 is 0 Å². The minimum absolute atomic E-state index is 0. The number of hydrogen-bond acceptors (Lipinski definition) is 1. The van der Waals surface area contributed by atoms with E-state index in [0.717, 1.165) is 10.9 Å². The first-order chi connectivity index (χ1) is 5.49. The highest BCUT2D eigenvalue weighted by Crippen LogP contribution is 2.19. The van der Waals surface area contributed by atoms with Gasteiger partial charge in [0, 0.05) is 10.0 Å². The number of hydrogen-bond donors (Lipinski definition) is 1. The van der Waals surface area contributed by atoms with Crippen molar-refractivity contribution in [1.29, 1.82) is 0 Å². The van der Waals surface area contributed by atoms with Crippen LogP contribution < -0.4 is 5.73 Å². The summed E-state index contributed by atoms with van der Waals surface area (Å²) in [6.45, 7) is 4.07. The first kappa shape index (κ1) is 12.9. The van der Waals surface area contributed by atoms with Crippen molar-refractivity contribution in [3.63, 3.8) is 0 Å². The van der Waals surface area contributed by atoms with E-state index in [1.165, 1.54) is 5.56 Å². The van der Waals surface area contributed by atoms with Crippen LogP contribution in [0, 0.1) is 0 Å². The Bertz CT molecular complexity index is 268. The van der Waals surface area contributed by atoms with E-state index < -0.39 is 0 Å².